The number of piperazine rings is 1. The molecule has 1 saturated heterocycles. The average molecular weight is 415 g/mol. The van der Waals surface area contributed by atoms with E-state index in [4.69, 9.17) is 4.98 Å². The van der Waals surface area contributed by atoms with Gasteiger partial charge in [-0.3, -0.25) is 4.79 Å². The van der Waals surface area contributed by atoms with Crippen LogP contribution in [-0.2, 0) is 14.8 Å². The third kappa shape index (κ3) is 4.13. The molecule has 10 heteroatoms. The molecule has 3 rings (SSSR count). The van der Waals surface area contributed by atoms with E-state index < -0.39 is 10.0 Å². The molecule has 0 aliphatic carbocycles. The number of hydrogen-bond acceptors (Lipinski definition) is 7. The van der Waals surface area contributed by atoms with Crippen LogP contribution in [0.4, 0.5) is 5.13 Å². The predicted molar refractivity (Wildman–Crippen MR) is 108 cm³/mol. The Morgan fingerprint density at radius 1 is 1.31 bits per heavy atom. The molecule has 1 aliphatic rings. The summed E-state index contributed by atoms with van der Waals surface area (Å²) in [6, 6.07) is 6.20. The minimum absolute atomic E-state index is 0.114. The molecular weight excluding hydrogens is 392 g/mol. The van der Waals surface area contributed by atoms with Gasteiger partial charge in [0.2, 0.25) is 15.9 Å². The van der Waals surface area contributed by atoms with Gasteiger partial charge >= 0.3 is 0 Å². The summed E-state index contributed by atoms with van der Waals surface area (Å²) in [6.07, 6.45) is 3.15. The topological polar surface area (TPSA) is 73.8 Å². The summed E-state index contributed by atoms with van der Waals surface area (Å²) in [5, 5.41) is 0.974. The number of hydrogen-bond donors (Lipinski definition) is 0. The van der Waals surface area contributed by atoms with Crippen LogP contribution in [0.25, 0.3) is 10.2 Å². The van der Waals surface area contributed by atoms with Gasteiger partial charge in [0, 0.05) is 38.1 Å². The summed E-state index contributed by atoms with van der Waals surface area (Å²) < 4.78 is 25.2. The highest BCUT2D eigenvalue weighted by Gasteiger charge is 2.25. The molecule has 0 unspecified atom stereocenters. The lowest BCUT2D eigenvalue weighted by atomic mass is 10.3. The van der Waals surface area contributed by atoms with Crippen molar-refractivity contribution in [1.82, 2.24) is 14.2 Å². The van der Waals surface area contributed by atoms with E-state index in [0.717, 1.165) is 21.2 Å². The molecule has 1 aromatic carbocycles. The van der Waals surface area contributed by atoms with E-state index in [2.05, 4.69) is 17.0 Å². The Morgan fingerprint density at radius 2 is 2.00 bits per heavy atom. The maximum absolute atomic E-state index is 12.3. The van der Waals surface area contributed by atoms with Gasteiger partial charge in [-0.1, -0.05) is 17.4 Å². The molecule has 0 bridgehead atoms. The number of benzene rings is 1. The summed E-state index contributed by atoms with van der Waals surface area (Å²) >= 11 is 3.36. The second-order valence-corrected chi connectivity index (χ2v) is 10.1. The monoisotopic (exact) mass is 414 g/mol. The van der Waals surface area contributed by atoms with Crippen LogP contribution in [0.2, 0.25) is 0 Å². The van der Waals surface area contributed by atoms with E-state index >= 15 is 0 Å². The van der Waals surface area contributed by atoms with Crippen LogP contribution in [0.5, 0.6) is 0 Å². The summed E-state index contributed by atoms with van der Waals surface area (Å²) in [4.78, 5) is 22.2. The number of thiazole rings is 1. The van der Waals surface area contributed by atoms with Gasteiger partial charge in [0.1, 0.15) is 0 Å². The van der Waals surface area contributed by atoms with Crippen LogP contribution in [0.3, 0.4) is 0 Å². The highest BCUT2D eigenvalue weighted by atomic mass is 32.2. The van der Waals surface area contributed by atoms with E-state index in [1.807, 2.05) is 12.3 Å². The number of sulfonamides is 1. The Kier molecular flexibility index (Phi) is 5.75. The van der Waals surface area contributed by atoms with Crippen molar-refractivity contribution in [3.05, 3.63) is 18.2 Å². The zero-order valence-corrected chi connectivity index (χ0v) is 17.5. The van der Waals surface area contributed by atoms with E-state index in [0.29, 0.717) is 26.2 Å². The molecule has 1 aliphatic heterocycles. The lowest BCUT2D eigenvalue weighted by Gasteiger charge is -2.35. The van der Waals surface area contributed by atoms with Gasteiger partial charge < -0.3 is 9.80 Å². The molecule has 26 heavy (non-hydrogen) atoms. The summed E-state index contributed by atoms with van der Waals surface area (Å²) in [5.74, 6) is -0.161. The molecular formula is C16H22N4O3S3. The molecule has 2 aromatic rings. The van der Waals surface area contributed by atoms with E-state index in [1.54, 1.807) is 28.0 Å². The van der Waals surface area contributed by atoms with Gasteiger partial charge in [0.15, 0.2) is 5.13 Å². The van der Waals surface area contributed by atoms with Crippen molar-refractivity contribution >= 4 is 54.4 Å². The molecule has 1 aromatic heterocycles. The number of thioether (sulfide) groups is 1. The molecule has 0 radical (unpaired) electrons. The number of likely N-dealkylation sites (N-methyl/N-ethyl adjacent to an activating group) is 1. The van der Waals surface area contributed by atoms with Gasteiger partial charge in [-0.15, -0.1) is 11.8 Å². The first-order valence-electron chi connectivity index (χ1n) is 8.17. The molecule has 1 amide bonds. The number of nitrogens with zero attached hydrogens (tertiary/aromatic N) is 4. The fourth-order valence-corrected chi connectivity index (χ4v) is 4.78. The Balaban J connectivity index is 1.64. The molecule has 0 N–H and O–H groups in total. The minimum Gasteiger partial charge on any atom is -0.345 e. The molecule has 0 spiro atoms. The number of carbonyl (C=O) groups is 1. The Hall–Kier alpha value is -1.36. The van der Waals surface area contributed by atoms with Crippen molar-refractivity contribution in [3.8, 4) is 0 Å². The Bertz CT molecular complexity index is 905. The molecule has 0 atom stereocenters. The maximum atomic E-state index is 12.3. The lowest BCUT2D eigenvalue weighted by Crippen LogP contribution is -2.51. The van der Waals surface area contributed by atoms with E-state index in [9.17, 15) is 13.2 Å². The number of anilines is 1. The van der Waals surface area contributed by atoms with Gasteiger partial charge in [-0.25, -0.2) is 13.4 Å². The Labute approximate surface area is 162 Å². The van der Waals surface area contributed by atoms with Gasteiger partial charge in [-0.2, -0.15) is 4.31 Å². The highest BCUT2D eigenvalue weighted by Crippen LogP contribution is 2.34. The van der Waals surface area contributed by atoms with Crippen LogP contribution in [0.1, 0.15) is 0 Å². The molecule has 7 nitrogen and oxygen atoms in total. The van der Waals surface area contributed by atoms with Gasteiger partial charge in [-0.05, 0) is 18.4 Å². The standard InChI is InChI=1S/C16H22N4O3S3/c1-18(26(3,22)23)11-14(21)19-7-9-20(10-8-19)16-17-15-12(24-2)5-4-6-13(15)25-16/h4-6H,7-11H2,1-3H3. The van der Waals surface area contributed by atoms with Crippen LogP contribution < -0.4 is 4.90 Å². The highest BCUT2D eigenvalue weighted by molar-refractivity contribution is 7.98. The third-order valence-electron chi connectivity index (χ3n) is 4.42. The number of amides is 1. The molecule has 2 heterocycles. The summed E-state index contributed by atoms with van der Waals surface area (Å²) in [7, 11) is -1.92. The summed E-state index contributed by atoms with van der Waals surface area (Å²) in [5.41, 5.74) is 1.04. The molecule has 0 saturated carbocycles. The molecule has 1 fully saturated rings. The van der Waals surface area contributed by atoms with Crippen LogP contribution in [0, 0.1) is 0 Å². The molecule has 142 valence electrons. The van der Waals surface area contributed by atoms with Crippen LogP contribution >= 0.6 is 23.1 Å². The minimum atomic E-state index is -3.35. The fraction of sp³-hybridized carbons (Fsp3) is 0.500. The average Bonchev–Trinajstić information content (AvgIpc) is 3.05. The van der Waals surface area contributed by atoms with Crippen molar-refractivity contribution in [2.24, 2.45) is 0 Å². The fourth-order valence-electron chi connectivity index (χ4n) is 2.77. The number of fused-ring (bicyclic) bond motifs is 1. The third-order valence-corrected chi connectivity index (χ3v) is 7.53. The number of rotatable bonds is 5. The number of para-hydroxylation sites is 1. The second-order valence-electron chi connectivity index (χ2n) is 6.19. The first-order valence-corrected chi connectivity index (χ1v) is 12.1. The smallest absolute Gasteiger partial charge is 0.238 e. The van der Waals surface area contributed by atoms with Gasteiger partial charge in [0.05, 0.1) is 23.0 Å². The van der Waals surface area contributed by atoms with Crippen molar-refractivity contribution in [1.29, 1.82) is 0 Å². The largest absolute Gasteiger partial charge is 0.345 e. The Morgan fingerprint density at radius 3 is 2.62 bits per heavy atom. The number of aromatic nitrogens is 1. The first kappa shape index (κ1) is 19.4. The second kappa shape index (κ2) is 7.71. The van der Waals surface area contributed by atoms with E-state index in [1.165, 1.54) is 16.6 Å². The lowest BCUT2D eigenvalue weighted by molar-refractivity contribution is -0.131. The number of carbonyl (C=O) groups excluding carboxylic acids is 1. The van der Waals surface area contributed by atoms with Crippen LogP contribution in [0.15, 0.2) is 23.1 Å². The zero-order valence-electron chi connectivity index (χ0n) is 15.0. The maximum Gasteiger partial charge on any atom is 0.238 e. The van der Waals surface area contributed by atoms with Crippen molar-refractivity contribution in [3.63, 3.8) is 0 Å². The zero-order chi connectivity index (χ0) is 18.9. The predicted octanol–water partition coefficient (Wildman–Crippen LogP) is 1.56. The normalized spacial score (nSPS) is 15.8. The SMILES string of the molecule is CSc1cccc2sc(N3CCN(C(=O)CN(C)S(C)(=O)=O)CC3)nc12. The van der Waals surface area contributed by atoms with Crippen LogP contribution in [-0.4, -0.2) is 80.8 Å². The van der Waals surface area contributed by atoms with E-state index in [-0.39, 0.29) is 12.5 Å². The quantitative estimate of drug-likeness (QED) is 0.692. The van der Waals surface area contributed by atoms with Crippen molar-refractivity contribution in [2.75, 3.05) is 57.2 Å². The summed E-state index contributed by atoms with van der Waals surface area (Å²) in [6.45, 7) is 2.42. The van der Waals surface area contributed by atoms with Crippen molar-refractivity contribution < 1.29 is 13.2 Å². The first-order chi connectivity index (χ1) is 12.3. The van der Waals surface area contributed by atoms with Crippen molar-refractivity contribution in [2.45, 2.75) is 4.90 Å². The van der Waals surface area contributed by atoms with Gasteiger partial charge in [0.25, 0.3) is 0 Å².